The maximum atomic E-state index is 13.8. The Kier molecular flexibility index (Phi) is 8.24. The van der Waals surface area contributed by atoms with Gasteiger partial charge in [0, 0.05) is 23.6 Å². The summed E-state index contributed by atoms with van der Waals surface area (Å²) in [7, 11) is 0. The van der Waals surface area contributed by atoms with Gasteiger partial charge in [-0.3, -0.25) is 4.90 Å². The van der Waals surface area contributed by atoms with E-state index in [9.17, 15) is 22.4 Å². The van der Waals surface area contributed by atoms with E-state index in [-0.39, 0.29) is 18.3 Å². The molecular weight excluding hydrogens is 500 g/mol. The van der Waals surface area contributed by atoms with Gasteiger partial charge in [0.15, 0.2) is 11.5 Å². The van der Waals surface area contributed by atoms with Gasteiger partial charge in [-0.15, -0.1) is 0 Å². The van der Waals surface area contributed by atoms with Crippen LogP contribution in [0.25, 0.3) is 0 Å². The smallest absolute Gasteiger partial charge is 0.427 e. The highest BCUT2D eigenvalue weighted by Crippen LogP contribution is 2.34. The van der Waals surface area contributed by atoms with Crippen molar-refractivity contribution in [2.75, 3.05) is 11.4 Å². The molecule has 12 heteroatoms. The van der Waals surface area contributed by atoms with Gasteiger partial charge >= 0.3 is 12.3 Å². The van der Waals surface area contributed by atoms with Crippen LogP contribution >= 0.6 is 15.9 Å². The normalized spacial score (nSPS) is 12.7. The largest absolute Gasteiger partial charge is 0.433 e. The molecule has 2 rings (SSSR count). The van der Waals surface area contributed by atoms with Crippen molar-refractivity contribution in [3.8, 4) is 0 Å². The fourth-order valence-electron chi connectivity index (χ4n) is 2.50. The van der Waals surface area contributed by atoms with E-state index in [1.807, 2.05) is 0 Å². The third-order valence-electron chi connectivity index (χ3n) is 4.49. The Hall–Kier alpha value is -2.24. The van der Waals surface area contributed by atoms with Crippen LogP contribution in [0.5, 0.6) is 0 Å². The number of halogens is 5. The highest BCUT2D eigenvalue weighted by molar-refractivity contribution is 9.10. The van der Waals surface area contributed by atoms with Crippen molar-refractivity contribution in [2.24, 2.45) is 0 Å². The first kappa shape index (κ1) is 26.0. The molecule has 0 aliphatic heterocycles. The van der Waals surface area contributed by atoms with Crippen LogP contribution in [0.1, 0.15) is 58.7 Å². The Balaban J connectivity index is 1.98. The number of pyridine rings is 1. The molecule has 0 bridgehead atoms. The van der Waals surface area contributed by atoms with E-state index >= 15 is 0 Å². The molecule has 1 amide bonds. The molecule has 0 aliphatic carbocycles. The maximum Gasteiger partial charge on any atom is 0.427 e. The fourth-order valence-corrected chi connectivity index (χ4v) is 2.82. The molecule has 0 fully saturated rings. The number of aryl methyl sites for hydroxylation is 1. The van der Waals surface area contributed by atoms with Gasteiger partial charge in [-0.2, -0.15) is 18.2 Å². The van der Waals surface area contributed by atoms with Crippen molar-refractivity contribution in [1.82, 2.24) is 15.1 Å². The third kappa shape index (κ3) is 7.14. The van der Waals surface area contributed by atoms with Crippen molar-refractivity contribution in [3.05, 3.63) is 34.5 Å². The lowest BCUT2D eigenvalue weighted by atomic mass is 10.1. The molecule has 2 aromatic rings. The van der Waals surface area contributed by atoms with E-state index in [0.29, 0.717) is 36.0 Å². The van der Waals surface area contributed by atoms with Gasteiger partial charge in [0.05, 0.1) is 0 Å². The molecule has 0 N–H and O–H groups in total. The van der Waals surface area contributed by atoms with Gasteiger partial charge in [-0.25, -0.2) is 14.2 Å². The second-order valence-electron chi connectivity index (χ2n) is 8.16. The van der Waals surface area contributed by atoms with Gasteiger partial charge < -0.3 is 9.26 Å². The number of amides is 1. The second kappa shape index (κ2) is 10.1. The van der Waals surface area contributed by atoms with Gasteiger partial charge in [0.1, 0.15) is 5.82 Å². The van der Waals surface area contributed by atoms with Crippen molar-refractivity contribution in [2.45, 2.75) is 70.8 Å². The molecule has 0 radical (unpaired) electrons. The Morgan fingerprint density at radius 3 is 2.41 bits per heavy atom. The van der Waals surface area contributed by atoms with Crippen LogP contribution in [-0.4, -0.2) is 39.5 Å². The first-order valence-electron chi connectivity index (χ1n) is 9.91. The number of hydrogen-bond acceptors (Lipinski definition) is 6. The molecule has 0 saturated heterocycles. The molecular formula is C20H25BrF4N4O3. The number of rotatable bonds is 9. The molecule has 0 aromatic carbocycles. The summed E-state index contributed by atoms with van der Waals surface area (Å²) < 4.78 is 63.5. The Labute approximate surface area is 191 Å². The average Bonchev–Trinajstić information content (AvgIpc) is 3.12. The number of hydrogen-bond donors (Lipinski definition) is 0. The molecule has 7 nitrogen and oxygen atoms in total. The topological polar surface area (TPSA) is 81.4 Å². The number of aromatic nitrogens is 3. The highest BCUT2D eigenvalue weighted by atomic mass is 79.9. The zero-order chi connectivity index (χ0) is 24.2. The molecule has 0 spiro atoms. The summed E-state index contributed by atoms with van der Waals surface area (Å²) in [4.78, 5) is 21.7. The number of carbonyl (C=O) groups is 1. The Bertz CT molecular complexity index is 913. The first-order valence-corrected chi connectivity index (χ1v) is 10.7. The van der Waals surface area contributed by atoms with Crippen molar-refractivity contribution >= 4 is 27.8 Å². The number of unbranched alkanes of at least 4 members (excludes halogenated alkanes) is 2. The number of nitrogens with zero attached hydrogens (tertiary/aromatic N) is 4. The predicted octanol–water partition coefficient (Wildman–Crippen LogP) is 6.13. The number of ether oxygens (including phenoxy) is 1. The van der Waals surface area contributed by atoms with Gasteiger partial charge in [0.2, 0.25) is 5.60 Å². The minimum atomic E-state index is -4.73. The van der Waals surface area contributed by atoms with E-state index in [0.717, 1.165) is 18.7 Å². The number of anilines is 1. The van der Waals surface area contributed by atoms with Crippen LogP contribution in [0.15, 0.2) is 27.3 Å². The van der Waals surface area contributed by atoms with Crippen molar-refractivity contribution < 1.29 is 31.6 Å². The zero-order valence-electron chi connectivity index (χ0n) is 18.2. The lowest BCUT2D eigenvalue weighted by Crippen LogP contribution is -2.47. The predicted molar refractivity (Wildman–Crippen MR) is 112 cm³/mol. The van der Waals surface area contributed by atoms with E-state index in [1.165, 1.54) is 26.1 Å². The Morgan fingerprint density at radius 1 is 1.16 bits per heavy atom. The average molecular weight is 525 g/mol. The lowest BCUT2D eigenvalue weighted by molar-refractivity contribution is -0.243. The zero-order valence-corrected chi connectivity index (χ0v) is 19.8. The van der Waals surface area contributed by atoms with Crippen molar-refractivity contribution in [1.29, 1.82) is 0 Å². The highest BCUT2D eigenvalue weighted by Gasteiger charge is 2.51. The van der Waals surface area contributed by atoms with E-state index in [2.05, 4.69) is 31.1 Å². The van der Waals surface area contributed by atoms with E-state index in [1.54, 1.807) is 6.07 Å². The summed E-state index contributed by atoms with van der Waals surface area (Å²) in [5.74, 6) is 0.423. The minimum absolute atomic E-state index is 0.0885. The van der Waals surface area contributed by atoms with Crippen LogP contribution < -0.4 is 4.90 Å². The Morgan fingerprint density at radius 2 is 1.84 bits per heavy atom. The standard InChI is InChI=1S/C20H25BrF4N4O3/c1-18(2,22)16-27-14(28-32-16)8-6-5-7-11-29(15-12-13(21)9-10-26-15)17(30)31-19(3,4)20(23,24)25/h9-10,12H,5-8,11H2,1-4H3. The fraction of sp³-hybridized carbons (Fsp3) is 0.600. The molecule has 2 aromatic heterocycles. The van der Waals surface area contributed by atoms with E-state index < -0.39 is 23.5 Å². The maximum absolute atomic E-state index is 13.8. The van der Waals surface area contributed by atoms with Crippen LogP contribution in [0.2, 0.25) is 0 Å². The van der Waals surface area contributed by atoms with Gasteiger partial charge in [-0.05, 0) is 52.7 Å². The molecule has 2 heterocycles. The minimum Gasteiger partial charge on any atom is -0.433 e. The number of alkyl halides is 4. The molecule has 0 atom stereocenters. The van der Waals surface area contributed by atoms with Crippen LogP contribution in [0.4, 0.5) is 28.2 Å². The summed E-state index contributed by atoms with van der Waals surface area (Å²) in [6.45, 7) is 4.29. The van der Waals surface area contributed by atoms with Gasteiger partial charge in [0.25, 0.3) is 5.89 Å². The van der Waals surface area contributed by atoms with Crippen LogP contribution in [-0.2, 0) is 16.8 Å². The summed E-state index contributed by atoms with van der Waals surface area (Å²) in [5.41, 5.74) is -4.39. The lowest BCUT2D eigenvalue weighted by Gasteiger charge is -2.31. The van der Waals surface area contributed by atoms with Crippen LogP contribution in [0, 0.1) is 0 Å². The monoisotopic (exact) mass is 524 g/mol. The SMILES string of the molecule is CC(C)(F)c1nc(CCCCCN(C(=O)OC(C)(C)C(F)(F)F)c2cc(Br)ccn2)no1. The van der Waals surface area contributed by atoms with Gasteiger partial charge in [-0.1, -0.05) is 27.5 Å². The molecule has 32 heavy (non-hydrogen) atoms. The second-order valence-corrected chi connectivity index (χ2v) is 9.07. The third-order valence-corrected chi connectivity index (χ3v) is 4.98. The first-order chi connectivity index (χ1) is 14.7. The summed E-state index contributed by atoms with van der Waals surface area (Å²) in [6.07, 6.45) is -2.36. The van der Waals surface area contributed by atoms with Crippen molar-refractivity contribution in [3.63, 3.8) is 0 Å². The van der Waals surface area contributed by atoms with Crippen LogP contribution in [0.3, 0.4) is 0 Å². The molecule has 0 saturated carbocycles. The summed E-state index contributed by atoms with van der Waals surface area (Å²) in [6, 6.07) is 3.14. The molecule has 0 aliphatic rings. The summed E-state index contributed by atoms with van der Waals surface area (Å²) in [5, 5.41) is 3.73. The quantitative estimate of drug-likeness (QED) is 0.290. The van der Waals surface area contributed by atoms with E-state index in [4.69, 9.17) is 9.26 Å². The molecule has 0 unspecified atom stereocenters. The molecule has 178 valence electrons. The number of carbonyl (C=O) groups excluding carboxylic acids is 1. The summed E-state index contributed by atoms with van der Waals surface area (Å²) >= 11 is 3.26.